The lowest BCUT2D eigenvalue weighted by Crippen LogP contribution is -2.41. The predicted molar refractivity (Wildman–Crippen MR) is 60.6 cm³/mol. The van der Waals surface area contributed by atoms with E-state index in [0.29, 0.717) is 6.54 Å². The van der Waals surface area contributed by atoms with E-state index in [1.54, 1.807) is 0 Å². The molecule has 76 valence electrons. The lowest BCUT2D eigenvalue weighted by Gasteiger charge is -2.25. The second-order valence-electron chi connectivity index (χ2n) is 3.77. The van der Waals surface area contributed by atoms with Gasteiger partial charge in [0.2, 0.25) is 0 Å². The molecule has 0 amide bonds. The number of hydrogen-bond donors (Lipinski definition) is 1. The molecular weight excluding hydrogens is 242 g/mol. The number of ether oxygens (including phenoxy) is 1. The minimum atomic E-state index is -0.164. The Morgan fingerprint density at radius 2 is 2.36 bits per heavy atom. The Labute approximate surface area is 92.6 Å². The molecule has 0 saturated carbocycles. The molecule has 0 aliphatic carbocycles. The molecule has 0 bridgehead atoms. The van der Waals surface area contributed by atoms with Crippen LogP contribution in [0.2, 0.25) is 0 Å². The van der Waals surface area contributed by atoms with Crippen molar-refractivity contribution in [3.63, 3.8) is 0 Å². The molecule has 0 radical (unpaired) electrons. The Balaban J connectivity index is 2.33. The zero-order valence-corrected chi connectivity index (χ0v) is 9.80. The molecule has 1 unspecified atom stereocenters. The van der Waals surface area contributed by atoms with E-state index in [9.17, 15) is 0 Å². The normalized spacial score (nSPS) is 24.5. The Morgan fingerprint density at radius 1 is 1.57 bits per heavy atom. The average molecular weight is 256 g/mol. The van der Waals surface area contributed by atoms with Crippen molar-refractivity contribution in [1.82, 2.24) is 0 Å². The van der Waals surface area contributed by atoms with Crippen LogP contribution in [0, 0.1) is 0 Å². The minimum Gasteiger partial charge on any atom is -0.485 e. The fraction of sp³-hybridized carbons (Fsp3) is 0.455. The molecule has 2 N–H and O–H groups in total. The number of benzene rings is 1. The van der Waals surface area contributed by atoms with Gasteiger partial charge in [-0.05, 0) is 24.1 Å². The Bertz CT molecular complexity index is 347. The second kappa shape index (κ2) is 3.55. The molecule has 1 aliphatic rings. The number of rotatable bonds is 2. The summed E-state index contributed by atoms with van der Waals surface area (Å²) in [5.41, 5.74) is 6.86. The van der Waals surface area contributed by atoms with Crippen molar-refractivity contribution in [3.8, 4) is 5.75 Å². The van der Waals surface area contributed by atoms with Gasteiger partial charge in [-0.15, -0.1) is 0 Å². The van der Waals surface area contributed by atoms with Gasteiger partial charge >= 0.3 is 0 Å². The van der Waals surface area contributed by atoms with Crippen molar-refractivity contribution in [2.75, 3.05) is 6.54 Å². The van der Waals surface area contributed by atoms with Gasteiger partial charge in [0.15, 0.2) is 0 Å². The van der Waals surface area contributed by atoms with E-state index in [-0.39, 0.29) is 5.60 Å². The van der Waals surface area contributed by atoms with Crippen LogP contribution < -0.4 is 10.5 Å². The van der Waals surface area contributed by atoms with Crippen LogP contribution in [0.4, 0.5) is 0 Å². The maximum Gasteiger partial charge on any atom is 0.125 e. The summed E-state index contributed by atoms with van der Waals surface area (Å²) in [4.78, 5) is 0. The number of fused-ring (bicyclic) bond motifs is 1. The van der Waals surface area contributed by atoms with Crippen LogP contribution in [-0.4, -0.2) is 12.1 Å². The van der Waals surface area contributed by atoms with E-state index in [4.69, 9.17) is 10.5 Å². The zero-order chi connectivity index (χ0) is 10.2. The first kappa shape index (κ1) is 9.99. The number of hydrogen-bond acceptors (Lipinski definition) is 2. The Kier molecular flexibility index (Phi) is 2.54. The summed E-state index contributed by atoms with van der Waals surface area (Å²) < 4.78 is 6.97. The summed E-state index contributed by atoms with van der Waals surface area (Å²) in [6.45, 7) is 2.70. The quantitative estimate of drug-likeness (QED) is 0.882. The largest absolute Gasteiger partial charge is 0.485 e. The summed E-state index contributed by atoms with van der Waals surface area (Å²) >= 11 is 3.44. The van der Waals surface area contributed by atoms with Gasteiger partial charge < -0.3 is 10.5 Å². The highest BCUT2D eigenvalue weighted by atomic mass is 79.9. The van der Waals surface area contributed by atoms with Crippen molar-refractivity contribution in [3.05, 3.63) is 28.2 Å². The third-order valence-corrected chi connectivity index (χ3v) is 3.38. The van der Waals surface area contributed by atoms with E-state index in [1.165, 1.54) is 5.56 Å². The lowest BCUT2D eigenvalue weighted by molar-refractivity contribution is 0.0994. The summed E-state index contributed by atoms with van der Waals surface area (Å²) in [6.07, 6.45) is 1.89. The van der Waals surface area contributed by atoms with E-state index in [1.807, 2.05) is 12.1 Å². The average Bonchev–Trinajstić information content (AvgIpc) is 2.56. The van der Waals surface area contributed by atoms with Gasteiger partial charge in [-0.3, -0.25) is 0 Å². The van der Waals surface area contributed by atoms with Crippen LogP contribution in [-0.2, 0) is 6.42 Å². The minimum absolute atomic E-state index is 0.164. The van der Waals surface area contributed by atoms with Gasteiger partial charge in [-0.1, -0.05) is 28.9 Å². The fourth-order valence-electron chi connectivity index (χ4n) is 1.84. The molecule has 1 atom stereocenters. The maximum atomic E-state index is 5.92. The molecule has 2 rings (SSSR count). The predicted octanol–water partition coefficient (Wildman–Crippen LogP) is 2.49. The van der Waals surface area contributed by atoms with E-state index in [0.717, 1.165) is 23.1 Å². The number of halogens is 1. The van der Waals surface area contributed by atoms with Gasteiger partial charge in [0.05, 0.1) is 0 Å². The highest BCUT2D eigenvalue weighted by Crippen LogP contribution is 2.37. The van der Waals surface area contributed by atoms with Gasteiger partial charge in [0, 0.05) is 17.4 Å². The van der Waals surface area contributed by atoms with Crippen molar-refractivity contribution in [2.45, 2.75) is 25.4 Å². The third kappa shape index (κ3) is 1.55. The van der Waals surface area contributed by atoms with Crippen molar-refractivity contribution >= 4 is 15.9 Å². The van der Waals surface area contributed by atoms with Crippen LogP contribution in [0.25, 0.3) is 0 Å². The topological polar surface area (TPSA) is 35.2 Å². The fourth-order valence-corrected chi connectivity index (χ4v) is 2.18. The highest BCUT2D eigenvalue weighted by Gasteiger charge is 2.36. The van der Waals surface area contributed by atoms with Gasteiger partial charge in [0.25, 0.3) is 0 Å². The van der Waals surface area contributed by atoms with Crippen molar-refractivity contribution < 1.29 is 4.74 Å². The Hall–Kier alpha value is -0.540. The molecule has 1 aliphatic heterocycles. The summed E-state index contributed by atoms with van der Waals surface area (Å²) in [7, 11) is 0. The van der Waals surface area contributed by atoms with Gasteiger partial charge in [0.1, 0.15) is 11.4 Å². The van der Waals surface area contributed by atoms with Crippen LogP contribution in [0.5, 0.6) is 5.75 Å². The SMILES string of the molecule is CCC1(CN)Cc2ccc(Br)cc2O1. The molecule has 0 saturated heterocycles. The van der Waals surface area contributed by atoms with E-state index in [2.05, 4.69) is 28.9 Å². The first-order valence-electron chi connectivity index (χ1n) is 4.86. The first-order chi connectivity index (χ1) is 6.69. The van der Waals surface area contributed by atoms with E-state index < -0.39 is 0 Å². The van der Waals surface area contributed by atoms with E-state index >= 15 is 0 Å². The molecular formula is C11H14BrNO. The Morgan fingerprint density at radius 3 is 3.00 bits per heavy atom. The monoisotopic (exact) mass is 255 g/mol. The molecule has 1 aromatic carbocycles. The standard InChI is InChI=1S/C11H14BrNO/c1-2-11(7-13)6-8-3-4-9(12)5-10(8)14-11/h3-5H,2,6-7,13H2,1H3. The zero-order valence-electron chi connectivity index (χ0n) is 8.22. The molecule has 2 nitrogen and oxygen atoms in total. The summed E-state index contributed by atoms with van der Waals surface area (Å²) in [5.74, 6) is 0.978. The molecule has 3 heteroatoms. The van der Waals surface area contributed by atoms with Crippen LogP contribution >= 0.6 is 15.9 Å². The molecule has 14 heavy (non-hydrogen) atoms. The lowest BCUT2D eigenvalue weighted by atomic mass is 9.95. The number of nitrogens with two attached hydrogens (primary N) is 1. The van der Waals surface area contributed by atoms with Crippen LogP contribution in [0.15, 0.2) is 22.7 Å². The summed E-state index contributed by atoms with van der Waals surface area (Å²) in [5, 5.41) is 0. The van der Waals surface area contributed by atoms with Gasteiger partial charge in [-0.25, -0.2) is 0 Å². The smallest absolute Gasteiger partial charge is 0.125 e. The molecule has 0 fully saturated rings. The highest BCUT2D eigenvalue weighted by molar-refractivity contribution is 9.10. The first-order valence-corrected chi connectivity index (χ1v) is 5.66. The second-order valence-corrected chi connectivity index (χ2v) is 4.69. The molecule has 1 aromatic rings. The van der Waals surface area contributed by atoms with Crippen molar-refractivity contribution in [1.29, 1.82) is 0 Å². The molecule has 0 spiro atoms. The van der Waals surface area contributed by atoms with Crippen LogP contribution in [0.1, 0.15) is 18.9 Å². The van der Waals surface area contributed by atoms with Crippen LogP contribution in [0.3, 0.4) is 0 Å². The molecule has 0 aromatic heterocycles. The van der Waals surface area contributed by atoms with Gasteiger partial charge in [-0.2, -0.15) is 0 Å². The maximum absolute atomic E-state index is 5.92. The third-order valence-electron chi connectivity index (χ3n) is 2.88. The summed E-state index contributed by atoms with van der Waals surface area (Å²) in [6, 6.07) is 6.17. The molecule has 1 heterocycles. The van der Waals surface area contributed by atoms with Crippen molar-refractivity contribution in [2.24, 2.45) is 5.73 Å².